The molecule has 29 heavy (non-hydrogen) atoms. The van der Waals surface area contributed by atoms with Gasteiger partial charge in [0.1, 0.15) is 23.8 Å². The summed E-state index contributed by atoms with van der Waals surface area (Å²) in [6.07, 6.45) is -0.542. The van der Waals surface area contributed by atoms with Crippen LogP contribution >= 0.6 is 0 Å². The molecule has 0 unspecified atom stereocenters. The van der Waals surface area contributed by atoms with E-state index < -0.39 is 37.1 Å². The largest absolute Gasteiger partial charge is 0.462 e. The number of nitrogen functional groups attached to an aromatic ring is 1. The van der Waals surface area contributed by atoms with E-state index in [4.69, 9.17) is 15.2 Å². The molecule has 4 atom stereocenters. The first kappa shape index (κ1) is 19.2. The Morgan fingerprint density at radius 3 is 2.83 bits per heavy atom. The fraction of sp³-hybridized carbons (Fsp3) is 0.438. The lowest BCUT2D eigenvalue weighted by Crippen LogP contribution is -2.33. The Labute approximate surface area is 163 Å². The molecule has 1 aliphatic heterocycles. The number of aliphatic hydroxyl groups is 3. The van der Waals surface area contributed by atoms with Crippen LogP contribution in [0.4, 0.5) is 5.82 Å². The topological polar surface area (TPSA) is 184 Å². The third kappa shape index (κ3) is 3.19. The number of fused-ring (bicyclic) bond motifs is 1. The normalized spacial score (nSPS) is 24.3. The van der Waals surface area contributed by atoms with Gasteiger partial charge in [0.25, 0.3) is 5.95 Å². The first-order valence-corrected chi connectivity index (χ1v) is 8.79. The number of carbonyl (C=O) groups excluding carboxylic acids is 1. The maximum Gasteiger partial charge on any atom is 0.341 e. The number of aliphatic hydroxyl groups excluding tert-OH is 3. The van der Waals surface area contributed by atoms with Crippen molar-refractivity contribution in [3.8, 4) is 5.95 Å². The lowest BCUT2D eigenvalue weighted by molar-refractivity contribution is -0.0511. The SMILES string of the molecule is CCOC(=O)c1cnn(-c2nc(N)c3ncn([C@@H]4O[C@H](CO)[C@H](O)[C@H]4O)c3n2)c1. The van der Waals surface area contributed by atoms with Crippen LogP contribution in [-0.2, 0) is 9.47 Å². The first-order valence-electron chi connectivity index (χ1n) is 8.79. The second-order valence-corrected chi connectivity index (χ2v) is 6.36. The van der Waals surface area contributed by atoms with Crippen LogP contribution in [0.5, 0.6) is 0 Å². The van der Waals surface area contributed by atoms with Crippen LogP contribution in [0.15, 0.2) is 18.7 Å². The van der Waals surface area contributed by atoms with Gasteiger partial charge in [0.05, 0.1) is 31.3 Å². The van der Waals surface area contributed by atoms with Crippen LogP contribution < -0.4 is 5.73 Å². The van der Waals surface area contributed by atoms with E-state index in [0.717, 1.165) is 0 Å². The number of rotatable bonds is 5. The average molecular weight is 405 g/mol. The van der Waals surface area contributed by atoms with E-state index in [9.17, 15) is 20.1 Å². The molecule has 4 rings (SSSR count). The molecular weight excluding hydrogens is 386 g/mol. The summed E-state index contributed by atoms with van der Waals surface area (Å²) in [5.74, 6) is -0.438. The van der Waals surface area contributed by atoms with E-state index >= 15 is 0 Å². The number of anilines is 1. The van der Waals surface area contributed by atoms with Crippen molar-refractivity contribution in [2.45, 2.75) is 31.5 Å². The van der Waals surface area contributed by atoms with Crippen LogP contribution in [0, 0.1) is 0 Å². The Hall–Kier alpha value is -3.13. The van der Waals surface area contributed by atoms with E-state index in [-0.39, 0.29) is 35.1 Å². The zero-order valence-electron chi connectivity index (χ0n) is 15.3. The summed E-state index contributed by atoms with van der Waals surface area (Å²) in [5, 5.41) is 33.6. The van der Waals surface area contributed by atoms with Gasteiger partial charge in [-0.1, -0.05) is 0 Å². The van der Waals surface area contributed by atoms with Crippen molar-refractivity contribution in [2.75, 3.05) is 18.9 Å². The predicted octanol–water partition coefficient (Wildman–Crippen LogP) is -1.62. The fourth-order valence-electron chi connectivity index (χ4n) is 3.08. The molecule has 0 aliphatic carbocycles. The fourth-order valence-corrected chi connectivity index (χ4v) is 3.08. The summed E-state index contributed by atoms with van der Waals surface area (Å²) in [6.45, 7) is 1.45. The number of hydrogen-bond acceptors (Lipinski definition) is 11. The number of carbonyl (C=O) groups is 1. The van der Waals surface area contributed by atoms with Gasteiger partial charge in [-0.25, -0.2) is 14.5 Å². The van der Waals surface area contributed by atoms with Gasteiger partial charge in [-0.2, -0.15) is 15.1 Å². The van der Waals surface area contributed by atoms with Crippen LogP contribution in [0.3, 0.4) is 0 Å². The molecule has 0 amide bonds. The van der Waals surface area contributed by atoms with Gasteiger partial charge >= 0.3 is 5.97 Å². The molecule has 1 fully saturated rings. The molecule has 154 valence electrons. The molecular formula is C16H19N7O6. The Balaban J connectivity index is 1.74. The molecule has 1 aliphatic rings. The molecule has 13 nitrogen and oxygen atoms in total. The van der Waals surface area contributed by atoms with Crippen LogP contribution in [0.25, 0.3) is 17.1 Å². The Kier molecular flexibility index (Phi) is 4.87. The van der Waals surface area contributed by atoms with E-state index in [0.29, 0.717) is 0 Å². The van der Waals surface area contributed by atoms with Gasteiger partial charge in [0, 0.05) is 6.20 Å². The van der Waals surface area contributed by atoms with Gasteiger partial charge in [0.15, 0.2) is 17.7 Å². The summed E-state index contributed by atoms with van der Waals surface area (Å²) in [5.41, 5.74) is 6.67. The minimum atomic E-state index is -1.32. The summed E-state index contributed by atoms with van der Waals surface area (Å²) < 4.78 is 13.1. The van der Waals surface area contributed by atoms with Gasteiger partial charge < -0.3 is 30.5 Å². The predicted molar refractivity (Wildman–Crippen MR) is 95.8 cm³/mol. The number of imidazole rings is 1. The molecule has 0 aromatic carbocycles. The standard InChI is InChI=1S/C16H19N7O6/c1-2-28-15(27)7-3-19-23(4-7)16-20-12(17)9-13(21-16)22(6-18-9)14-11(26)10(25)8(5-24)29-14/h3-4,6,8,10-11,14,24-26H,2,5H2,1H3,(H2,17,20,21)/t8-,10+,11-,14-/m1/s1. The minimum Gasteiger partial charge on any atom is -0.462 e. The molecule has 4 heterocycles. The number of nitrogens with two attached hydrogens (primary N) is 1. The van der Waals surface area contributed by atoms with E-state index in [1.165, 1.54) is 28.0 Å². The van der Waals surface area contributed by atoms with Crippen LogP contribution in [0.2, 0.25) is 0 Å². The highest BCUT2D eigenvalue weighted by Gasteiger charge is 2.44. The van der Waals surface area contributed by atoms with E-state index in [1.54, 1.807) is 6.92 Å². The Bertz CT molecular complexity index is 1050. The zero-order valence-corrected chi connectivity index (χ0v) is 15.3. The third-order valence-corrected chi connectivity index (χ3v) is 4.53. The molecule has 0 saturated carbocycles. The number of nitrogens with zero attached hydrogens (tertiary/aromatic N) is 6. The number of aromatic nitrogens is 6. The van der Waals surface area contributed by atoms with Crippen LogP contribution in [0.1, 0.15) is 23.5 Å². The van der Waals surface area contributed by atoms with Crippen molar-refractivity contribution in [3.63, 3.8) is 0 Å². The number of hydrogen-bond donors (Lipinski definition) is 4. The zero-order chi connectivity index (χ0) is 20.7. The summed E-state index contributed by atoms with van der Waals surface area (Å²) in [7, 11) is 0. The maximum absolute atomic E-state index is 11.8. The Morgan fingerprint density at radius 1 is 1.34 bits per heavy atom. The molecule has 13 heteroatoms. The lowest BCUT2D eigenvalue weighted by atomic mass is 10.1. The van der Waals surface area contributed by atoms with Crippen molar-refractivity contribution in [1.82, 2.24) is 29.3 Å². The van der Waals surface area contributed by atoms with Gasteiger partial charge in [-0.05, 0) is 6.92 Å². The minimum absolute atomic E-state index is 0.0451. The summed E-state index contributed by atoms with van der Waals surface area (Å²) in [4.78, 5) is 24.5. The highest BCUT2D eigenvalue weighted by atomic mass is 16.6. The molecule has 5 N–H and O–H groups in total. The molecule has 0 radical (unpaired) electrons. The van der Waals surface area contributed by atoms with Crippen molar-refractivity contribution in [1.29, 1.82) is 0 Å². The smallest absolute Gasteiger partial charge is 0.341 e. The molecule has 0 spiro atoms. The highest BCUT2D eigenvalue weighted by Crippen LogP contribution is 2.32. The van der Waals surface area contributed by atoms with Crippen molar-refractivity contribution < 1.29 is 29.6 Å². The lowest BCUT2D eigenvalue weighted by Gasteiger charge is -2.16. The Morgan fingerprint density at radius 2 is 2.14 bits per heavy atom. The average Bonchev–Trinajstić information content (AvgIpc) is 3.41. The van der Waals surface area contributed by atoms with Crippen molar-refractivity contribution >= 4 is 23.0 Å². The van der Waals surface area contributed by atoms with Crippen LogP contribution in [-0.4, -0.2) is 82.1 Å². The van der Waals surface area contributed by atoms with Gasteiger partial charge in [-0.3, -0.25) is 4.57 Å². The molecule has 3 aromatic heterocycles. The van der Waals surface area contributed by atoms with E-state index in [2.05, 4.69) is 20.1 Å². The quantitative estimate of drug-likeness (QED) is 0.358. The molecule has 3 aromatic rings. The highest BCUT2D eigenvalue weighted by molar-refractivity contribution is 5.89. The third-order valence-electron chi connectivity index (χ3n) is 4.53. The monoisotopic (exact) mass is 405 g/mol. The first-order chi connectivity index (χ1) is 13.9. The summed E-state index contributed by atoms with van der Waals surface area (Å²) in [6, 6.07) is 0. The van der Waals surface area contributed by atoms with Crippen molar-refractivity contribution in [2.24, 2.45) is 0 Å². The molecule has 1 saturated heterocycles. The second kappa shape index (κ2) is 7.36. The van der Waals surface area contributed by atoms with Gasteiger partial charge in [-0.15, -0.1) is 0 Å². The van der Waals surface area contributed by atoms with Gasteiger partial charge in [0.2, 0.25) is 0 Å². The molecule has 0 bridgehead atoms. The number of esters is 1. The maximum atomic E-state index is 11.8. The van der Waals surface area contributed by atoms with Crippen molar-refractivity contribution in [3.05, 3.63) is 24.3 Å². The second-order valence-electron chi connectivity index (χ2n) is 6.36. The number of ether oxygens (including phenoxy) is 2. The summed E-state index contributed by atoms with van der Waals surface area (Å²) >= 11 is 0. The van der Waals surface area contributed by atoms with E-state index in [1.807, 2.05) is 0 Å².